The van der Waals surface area contributed by atoms with Crippen molar-refractivity contribution in [1.82, 2.24) is 19.1 Å². The van der Waals surface area contributed by atoms with E-state index in [1.807, 2.05) is 68.7 Å². The zero-order valence-corrected chi connectivity index (χ0v) is 26.7. The highest BCUT2D eigenvalue weighted by Crippen LogP contribution is 2.31. The highest BCUT2D eigenvalue weighted by atomic mass is 16.1. The average molecular weight is 621 g/mol. The molecule has 0 spiro atoms. The Kier molecular flexibility index (Phi) is 7.35. The number of hydrogen-bond acceptors (Lipinski definition) is 3. The molecule has 2 aromatic heterocycles. The van der Waals surface area contributed by atoms with Gasteiger partial charge in [0.15, 0.2) is 5.82 Å². The second-order valence-corrected chi connectivity index (χ2v) is 12.0. The van der Waals surface area contributed by atoms with Crippen molar-refractivity contribution < 1.29 is 0 Å². The van der Waals surface area contributed by atoms with Gasteiger partial charge in [-0.1, -0.05) is 140 Å². The van der Waals surface area contributed by atoms with E-state index in [0.29, 0.717) is 5.82 Å². The maximum Gasteiger partial charge on any atom is 0.328 e. The van der Waals surface area contributed by atoms with Crippen LogP contribution in [0.2, 0.25) is 0 Å². The van der Waals surface area contributed by atoms with Crippen molar-refractivity contribution in [3.8, 4) is 67.3 Å². The predicted molar refractivity (Wildman–Crippen MR) is 196 cm³/mol. The van der Waals surface area contributed by atoms with E-state index in [2.05, 4.69) is 103 Å². The van der Waals surface area contributed by atoms with Crippen molar-refractivity contribution in [1.29, 1.82) is 0 Å². The quantitative estimate of drug-likeness (QED) is 0.186. The molecule has 48 heavy (non-hydrogen) atoms. The molecule has 2 heterocycles. The van der Waals surface area contributed by atoms with Crippen LogP contribution in [0.5, 0.6) is 0 Å². The van der Waals surface area contributed by atoms with Crippen molar-refractivity contribution in [3.63, 3.8) is 0 Å². The minimum absolute atomic E-state index is 0.0162. The molecule has 0 saturated heterocycles. The topological polar surface area (TPSA) is 52.7 Å². The molecule has 0 aliphatic carbocycles. The molecule has 0 N–H and O–H groups in total. The summed E-state index contributed by atoms with van der Waals surface area (Å²) in [6.45, 7) is 0. The molecule has 8 aromatic rings. The largest absolute Gasteiger partial charge is 0.328 e. The molecule has 0 saturated carbocycles. The van der Waals surface area contributed by atoms with Crippen LogP contribution in [0.3, 0.4) is 0 Å². The lowest BCUT2D eigenvalue weighted by Crippen LogP contribution is -2.19. The summed E-state index contributed by atoms with van der Waals surface area (Å²) in [6, 6.07) is 54.5. The third kappa shape index (κ3) is 5.41. The molecule has 0 radical (unpaired) electrons. The van der Waals surface area contributed by atoms with Gasteiger partial charge in [-0.15, -0.1) is 0 Å². The van der Waals surface area contributed by atoms with Gasteiger partial charge < -0.3 is 0 Å². The number of aryl methyl sites for hydroxylation is 2. The first-order valence-electron chi connectivity index (χ1n) is 16.0. The third-order valence-corrected chi connectivity index (χ3v) is 9.05. The first kappa shape index (κ1) is 29.1. The molecular formula is C43H32N4O. The van der Waals surface area contributed by atoms with Crippen molar-refractivity contribution in [2.75, 3.05) is 0 Å². The van der Waals surface area contributed by atoms with Gasteiger partial charge in [-0.3, -0.25) is 9.13 Å². The SMILES string of the molecule is Cn1c(=O)n(C)c2cc(-c3ccc(-c4ccc(-c5ccc(-c6cc(-c7ccccc7)nc(-c7ccccc7)n6)cc5)cc4)cc3)ccc21. The normalized spacial score (nSPS) is 11.2. The first-order valence-corrected chi connectivity index (χ1v) is 16.0. The van der Waals surface area contributed by atoms with Crippen molar-refractivity contribution in [2.45, 2.75) is 0 Å². The minimum atomic E-state index is -0.0162. The van der Waals surface area contributed by atoms with Crippen molar-refractivity contribution >= 4 is 11.0 Å². The van der Waals surface area contributed by atoms with E-state index in [1.165, 1.54) is 0 Å². The van der Waals surface area contributed by atoms with Crippen LogP contribution in [-0.2, 0) is 14.1 Å². The Morgan fingerprint density at radius 2 is 0.750 bits per heavy atom. The van der Waals surface area contributed by atoms with E-state index in [0.717, 1.165) is 72.5 Å². The summed E-state index contributed by atoms with van der Waals surface area (Å²) in [5.74, 6) is 0.712. The van der Waals surface area contributed by atoms with Gasteiger partial charge in [0.25, 0.3) is 0 Å². The van der Waals surface area contributed by atoms with E-state index in [-0.39, 0.29) is 5.69 Å². The Morgan fingerprint density at radius 3 is 1.25 bits per heavy atom. The molecule has 0 fully saturated rings. The summed E-state index contributed by atoms with van der Waals surface area (Å²) in [4.78, 5) is 22.2. The number of benzene rings is 6. The van der Waals surface area contributed by atoms with E-state index in [4.69, 9.17) is 9.97 Å². The van der Waals surface area contributed by atoms with Crippen LogP contribution in [-0.4, -0.2) is 19.1 Å². The summed E-state index contributed by atoms with van der Waals surface area (Å²) in [5, 5.41) is 0. The van der Waals surface area contributed by atoms with Crippen LogP contribution in [0, 0.1) is 0 Å². The summed E-state index contributed by atoms with van der Waals surface area (Å²) in [5.41, 5.74) is 13.5. The number of nitrogens with zero attached hydrogens (tertiary/aromatic N) is 4. The third-order valence-electron chi connectivity index (χ3n) is 9.05. The average Bonchev–Trinajstić information content (AvgIpc) is 3.38. The van der Waals surface area contributed by atoms with Gasteiger partial charge in [-0.2, -0.15) is 0 Å². The lowest BCUT2D eigenvalue weighted by atomic mass is 9.97. The summed E-state index contributed by atoms with van der Waals surface area (Å²) in [6.07, 6.45) is 0. The summed E-state index contributed by atoms with van der Waals surface area (Å²) >= 11 is 0. The van der Waals surface area contributed by atoms with Crippen LogP contribution in [0.25, 0.3) is 78.3 Å². The highest BCUT2D eigenvalue weighted by molar-refractivity contribution is 5.83. The Labute approximate surface area is 279 Å². The van der Waals surface area contributed by atoms with Crippen LogP contribution in [0.1, 0.15) is 0 Å². The Balaban J connectivity index is 1.04. The van der Waals surface area contributed by atoms with E-state index < -0.39 is 0 Å². The fourth-order valence-electron chi connectivity index (χ4n) is 6.30. The van der Waals surface area contributed by atoms with Gasteiger partial charge in [0, 0.05) is 30.8 Å². The number of hydrogen-bond donors (Lipinski definition) is 0. The highest BCUT2D eigenvalue weighted by Gasteiger charge is 2.12. The zero-order chi connectivity index (χ0) is 32.6. The number of aromatic nitrogens is 4. The van der Waals surface area contributed by atoms with Gasteiger partial charge >= 0.3 is 5.69 Å². The Bertz CT molecular complexity index is 2380. The summed E-state index contributed by atoms with van der Waals surface area (Å²) < 4.78 is 3.38. The molecule has 0 aliphatic rings. The Hall–Kier alpha value is -6.33. The summed E-state index contributed by atoms with van der Waals surface area (Å²) in [7, 11) is 3.62. The minimum Gasteiger partial charge on any atom is -0.295 e. The van der Waals surface area contributed by atoms with Gasteiger partial charge in [0.2, 0.25) is 0 Å². The smallest absolute Gasteiger partial charge is 0.295 e. The molecule has 5 heteroatoms. The van der Waals surface area contributed by atoms with Crippen LogP contribution in [0.15, 0.2) is 163 Å². The van der Waals surface area contributed by atoms with Crippen LogP contribution >= 0.6 is 0 Å². The molecule has 0 atom stereocenters. The number of fused-ring (bicyclic) bond motifs is 1. The van der Waals surface area contributed by atoms with Gasteiger partial charge in [-0.25, -0.2) is 14.8 Å². The maximum absolute atomic E-state index is 12.4. The second kappa shape index (κ2) is 12.1. The lowest BCUT2D eigenvalue weighted by Gasteiger charge is -2.10. The zero-order valence-electron chi connectivity index (χ0n) is 26.7. The molecule has 230 valence electrons. The standard InChI is InChI=1S/C43H32N4O/c1-46-40-26-25-37(27-41(40)47(2)43(46)48)33-19-17-31(18-20-33)29-13-15-30(16-14-29)32-21-23-35(24-22-32)39-28-38(34-9-5-3-6-10-34)44-42(45-39)36-11-7-4-8-12-36/h3-28H,1-2H3. The second-order valence-electron chi connectivity index (χ2n) is 12.0. The maximum atomic E-state index is 12.4. The van der Waals surface area contributed by atoms with E-state index >= 15 is 0 Å². The predicted octanol–water partition coefficient (Wildman–Crippen LogP) is 9.67. The van der Waals surface area contributed by atoms with E-state index in [9.17, 15) is 4.79 Å². The molecular weight excluding hydrogens is 589 g/mol. The number of rotatable bonds is 6. The fourth-order valence-corrected chi connectivity index (χ4v) is 6.30. The van der Waals surface area contributed by atoms with Gasteiger partial charge in [0.1, 0.15) is 0 Å². The first-order chi connectivity index (χ1) is 23.5. The van der Waals surface area contributed by atoms with Crippen molar-refractivity contribution in [3.05, 3.63) is 168 Å². The lowest BCUT2D eigenvalue weighted by molar-refractivity contribution is 0.795. The Morgan fingerprint density at radius 1 is 0.375 bits per heavy atom. The number of imidazole rings is 1. The molecule has 0 unspecified atom stereocenters. The van der Waals surface area contributed by atoms with Crippen LogP contribution < -0.4 is 5.69 Å². The molecule has 8 rings (SSSR count). The fraction of sp³-hybridized carbons (Fsp3) is 0.0465. The molecule has 0 aliphatic heterocycles. The van der Waals surface area contributed by atoms with Gasteiger partial charge in [-0.05, 0) is 51.6 Å². The molecule has 5 nitrogen and oxygen atoms in total. The molecule has 6 aromatic carbocycles. The van der Waals surface area contributed by atoms with E-state index in [1.54, 1.807) is 9.13 Å². The van der Waals surface area contributed by atoms with Crippen LogP contribution in [0.4, 0.5) is 0 Å². The molecule has 0 amide bonds. The monoisotopic (exact) mass is 620 g/mol. The van der Waals surface area contributed by atoms with Crippen molar-refractivity contribution in [2.24, 2.45) is 14.1 Å². The van der Waals surface area contributed by atoms with Gasteiger partial charge in [0.05, 0.1) is 22.4 Å². The molecule has 0 bridgehead atoms.